The van der Waals surface area contributed by atoms with Gasteiger partial charge in [-0.15, -0.1) is 0 Å². The topological polar surface area (TPSA) is 47.3 Å². The van der Waals surface area contributed by atoms with E-state index in [2.05, 4.69) is 21.4 Å². The van der Waals surface area contributed by atoms with Crippen LogP contribution < -0.4 is 16.0 Å². The Balaban J connectivity index is 2.02. The molecule has 0 saturated heterocycles. The Bertz CT molecular complexity index is 598. The average molecular weight is 374 g/mol. The van der Waals surface area contributed by atoms with Crippen LogP contribution in [0, 0.1) is 5.82 Å². The summed E-state index contributed by atoms with van der Waals surface area (Å²) in [6.07, 6.45) is 0.514. The smallest absolute Gasteiger partial charge is 0.147 e. The molecule has 2 aromatic carbocycles. The zero-order valence-electron chi connectivity index (χ0n) is 11.2. The Morgan fingerprint density at radius 1 is 1.24 bits per heavy atom. The van der Waals surface area contributed by atoms with Crippen LogP contribution in [0.5, 0.6) is 5.75 Å². The third-order valence-corrected chi connectivity index (χ3v) is 4.32. The van der Waals surface area contributed by atoms with Gasteiger partial charge < -0.3 is 4.74 Å². The highest BCUT2D eigenvalue weighted by atomic mass is 79.9. The fourth-order valence-corrected chi connectivity index (χ4v) is 2.43. The van der Waals surface area contributed by atoms with Crippen LogP contribution in [0.15, 0.2) is 46.9 Å². The van der Waals surface area contributed by atoms with Gasteiger partial charge in [0.1, 0.15) is 11.6 Å². The second-order valence-electron chi connectivity index (χ2n) is 4.43. The first-order valence-electron chi connectivity index (χ1n) is 6.41. The van der Waals surface area contributed by atoms with E-state index >= 15 is 0 Å². The van der Waals surface area contributed by atoms with Crippen molar-refractivity contribution in [3.63, 3.8) is 0 Å². The molecule has 21 heavy (non-hydrogen) atoms. The third-order valence-electron chi connectivity index (χ3n) is 3.06. The number of hydrogen-bond donors (Lipinski definition) is 2. The van der Waals surface area contributed by atoms with Crippen molar-refractivity contribution in [2.45, 2.75) is 12.5 Å². The average Bonchev–Trinajstić information content (AvgIpc) is 2.51. The van der Waals surface area contributed by atoms with Crippen molar-refractivity contribution in [1.29, 1.82) is 0 Å². The highest BCUT2D eigenvalue weighted by molar-refractivity contribution is 9.10. The van der Waals surface area contributed by atoms with Crippen molar-refractivity contribution in [1.82, 2.24) is 5.43 Å². The number of para-hydroxylation sites is 1. The summed E-state index contributed by atoms with van der Waals surface area (Å²) >= 11 is 9.08. The van der Waals surface area contributed by atoms with E-state index in [0.717, 1.165) is 5.75 Å². The molecule has 3 N–H and O–H groups in total. The summed E-state index contributed by atoms with van der Waals surface area (Å²) < 4.78 is 20.3. The Labute approximate surface area is 136 Å². The fourth-order valence-electron chi connectivity index (χ4n) is 1.95. The van der Waals surface area contributed by atoms with Gasteiger partial charge in [-0.1, -0.05) is 35.9 Å². The summed E-state index contributed by atoms with van der Waals surface area (Å²) in [5.41, 5.74) is 3.02. The molecule has 0 fully saturated rings. The van der Waals surface area contributed by atoms with Crippen LogP contribution in [0.1, 0.15) is 18.0 Å². The molecule has 0 spiro atoms. The summed E-state index contributed by atoms with van der Waals surface area (Å²) in [6.45, 7) is 0.409. The molecule has 0 saturated carbocycles. The van der Waals surface area contributed by atoms with Gasteiger partial charge in [0.15, 0.2) is 0 Å². The number of benzene rings is 2. The lowest BCUT2D eigenvalue weighted by molar-refractivity contribution is 0.285. The predicted molar refractivity (Wildman–Crippen MR) is 85.7 cm³/mol. The molecular formula is C15H15BrClFN2O. The molecule has 0 bridgehead atoms. The van der Waals surface area contributed by atoms with E-state index in [4.69, 9.17) is 22.2 Å². The summed E-state index contributed by atoms with van der Waals surface area (Å²) in [5.74, 6) is 5.80. The minimum atomic E-state index is -0.478. The van der Waals surface area contributed by atoms with Gasteiger partial charge in [-0.05, 0) is 34.1 Å². The first-order valence-corrected chi connectivity index (χ1v) is 7.58. The van der Waals surface area contributed by atoms with Crippen LogP contribution in [-0.4, -0.2) is 6.61 Å². The first kappa shape index (κ1) is 16.2. The maximum absolute atomic E-state index is 14.2. The molecule has 0 radical (unpaired) electrons. The Morgan fingerprint density at radius 3 is 2.62 bits per heavy atom. The Hall–Kier alpha value is -1.14. The molecule has 3 nitrogen and oxygen atoms in total. The SMILES string of the molecule is NNC(CCOc1ccccc1)c1ccc(Br)c(Cl)c1F. The van der Waals surface area contributed by atoms with Gasteiger partial charge in [0, 0.05) is 16.5 Å². The maximum Gasteiger partial charge on any atom is 0.147 e. The Kier molecular flexibility index (Phi) is 5.99. The van der Waals surface area contributed by atoms with E-state index in [1.54, 1.807) is 12.1 Å². The zero-order chi connectivity index (χ0) is 15.2. The van der Waals surface area contributed by atoms with Gasteiger partial charge >= 0.3 is 0 Å². The van der Waals surface area contributed by atoms with Gasteiger partial charge in [-0.25, -0.2) is 4.39 Å². The Morgan fingerprint density at radius 2 is 1.95 bits per heavy atom. The molecular weight excluding hydrogens is 359 g/mol. The fraction of sp³-hybridized carbons (Fsp3) is 0.200. The van der Waals surface area contributed by atoms with Crippen molar-refractivity contribution < 1.29 is 9.13 Å². The molecule has 0 aromatic heterocycles. The summed E-state index contributed by atoms with van der Waals surface area (Å²) in [7, 11) is 0. The number of rotatable bonds is 6. The van der Waals surface area contributed by atoms with Gasteiger partial charge in [-0.2, -0.15) is 0 Å². The maximum atomic E-state index is 14.2. The lowest BCUT2D eigenvalue weighted by Gasteiger charge is -2.18. The van der Waals surface area contributed by atoms with Crippen molar-refractivity contribution in [3.8, 4) is 5.75 Å². The van der Waals surface area contributed by atoms with E-state index in [0.29, 0.717) is 23.1 Å². The van der Waals surface area contributed by atoms with Gasteiger partial charge in [0.25, 0.3) is 0 Å². The van der Waals surface area contributed by atoms with Crippen LogP contribution in [0.2, 0.25) is 5.02 Å². The second-order valence-corrected chi connectivity index (χ2v) is 5.67. The van der Waals surface area contributed by atoms with Gasteiger partial charge in [0.2, 0.25) is 0 Å². The molecule has 0 heterocycles. The second kappa shape index (κ2) is 7.75. The highest BCUT2D eigenvalue weighted by Crippen LogP contribution is 2.31. The largest absolute Gasteiger partial charge is 0.494 e. The molecule has 1 unspecified atom stereocenters. The van der Waals surface area contributed by atoms with Crippen LogP contribution in [0.4, 0.5) is 4.39 Å². The number of hydrogen-bond acceptors (Lipinski definition) is 3. The highest BCUT2D eigenvalue weighted by Gasteiger charge is 2.18. The molecule has 0 amide bonds. The normalized spacial score (nSPS) is 12.2. The summed E-state index contributed by atoms with van der Waals surface area (Å²) in [4.78, 5) is 0. The molecule has 112 valence electrons. The van der Waals surface area contributed by atoms with Crippen molar-refractivity contribution in [3.05, 3.63) is 63.3 Å². The molecule has 0 aliphatic rings. The number of halogens is 3. The van der Waals surface area contributed by atoms with Crippen molar-refractivity contribution in [2.24, 2.45) is 5.84 Å². The van der Waals surface area contributed by atoms with Crippen LogP contribution >= 0.6 is 27.5 Å². The van der Waals surface area contributed by atoms with Crippen LogP contribution in [0.25, 0.3) is 0 Å². The first-order chi connectivity index (χ1) is 10.1. The molecule has 0 aliphatic carbocycles. The van der Waals surface area contributed by atoms with E-state index in [-0.39, 0.29) is 11.1 Å². The van der Waals surface area contributed by atoms with Crippen LogP contribution in [0.3, 0.4) is 0 Å². The minimum absolute atomic E-state index is 0.0525. The van der Waals surface area contributed by atoms with Crippen molar-refractivity contribution >= 4 is 27.5 Å². The molecule has 2 rings (SSSR count). The van der Waals surface area contributed by atoms with E-state index in [9.17, 15) is 4.39 Å². The lowest BCUT2D eigenvalue weighted by Crippen LogP contribution is -2.30. The molecule has 0 aliphatic heterocycles. The number of nitrogens with one attached hydrogen (secondary N) is 1. The van der Waals surface area contributed by atoms with E-state index in [1.807, 2.05) is 30.3 Å². The minimum Gasteiger partial charge on any atom is -0.494 e. The standard InChI is InChI=1S/C15H15BrClFN2O/c16-12-7-6-11(15(18)14(12)17)13(20-19)8-9-21-10-4-2-1-3-5-10/h1-7,13,20H,8-9,19H2. The van der Waals surface area contributed by atoms with E-state index in [1.165, 1.54) is 0 Å². The summed E-state index contributed by atoms with van der Waals surface area (Å²) in [5, 5.41) is 0.0525. The van der Waals surface area contributed by atoms with Gasteiger partial charge in [0.05, 0.1) is 17.7 Å². The third kappa shape index (κ3) is 4.17. The van der Waals surface area contributed by atoms with Gasteiger partial charge in [-0.3, -0.25) is 11.3 Å². The monoisotopic (exact) mass is 372 g/mol. The zero-order valence-corrected chi connectivity index (χ0v) is 13.5. The molecule has 1 atom stereocenters. The quantitative estimate of drug-likeness (QED) is 0.453. The molecule has 2 aromatic rings. The number of hydrazine groups is 1. The molecule has 6 heteroatoms. The number of nitrogens with two attached hydrogens (primary N) is 1. The lowest BCUT2D eigenvalue weighted by atomic mass is 10.0. The van der Waals surface area contributed by atoms with E-state index < -0.39 is 5.82 Å². The van der Waals surface area contributed by atoms with Crippen molar-refractivity contribution in [2.75, 3.05) is 6.61 Å². The number of ether oxygens (including phenoxy) is 1. The summed E-state index contributed by atoms with van der Waals surface area (Å²) in [6, 6.07) is 12.4. The predicted octanol–water partition coefficient (Wildman–Crippen LogP) is 4.22. The van der Waals surface area contributed by atoms with Crippen LogP contribution in [-0.2, 0) is 0 Å².